The van der Waals surface area contributed by atoms with Crippen LogP contribution in [0.1, 0.15) is 24.2 Å². The van der Waals surface area contributed by atoms with Gasteiger partial charge in [-0.2, -0.15) is 0 Å². The Hall–Kier alpha value is -2.03. The maximum atomic E-state index is 13.6. The number of hydrogen-bond acceptors (Lipinski definition) is 2. The van der Waals surface area contributed by atoms with Crippen LogP contribution in [0, 0.1) is 12.7 Å². The largest absolute Gasteiger partial charge is 0.483 e. The maximum Gasteiger partial charge on any atom is 0.165 e. The monoisotopic (exact) mass is 245 g/mol. The van der Waals surface area contributed by atoms with Crippen LogP contribution in [0.3, 0.4) is 0 Å². The fraction of sp³-hybridized carbons (Fsp3) is 0.200. The summed E-state index contributed by atoms with van der Waals surface area (Å²) < 4.78 is 19.2. The average Bonchev–Trinajstić information content (AvgIpc) is 2.34. The molecule has 0 heterocycles. The lowest BCUT2D eigenvalue weighted by atomic mass is 10.1. The number of ether oxygens (including phenoxy) is 1. The smallest absolute Gasteiger partial charge is 0.165 e. The van der Waals surface area contributed by atoms with E-state index in [-0.39, 0.29) is 17.7 Å². The van der Waals surface area contributed by atoms with E-state index in [4.69, 9.17) is 10.5 Å². The van der Waals surface area contributed by atoms with E-state index < -0.39 is 0 Å². The molecule has 0 spiro atoms. The summed E-state index contributed by atoms with van der Waals surface area (Å²) in [7, 11) is 0. The van der Waals surface area contributed by atoms with Crippen LogP contribution in [-0.2, 0) is 0 Å². The quantitative estimate of drug-likeness (QED) is 0.833. The van der Waals surface area contributed by atoms with E-state index in [2.05, 4.69) is 0 Å². The normalized spacial score (nSPS) is 12.2. The van der Waals surface area contributed by atoms with E-state index in [0.717, 1.165) is 11.1 Å². The van der Waals surface area contributed by atoms with E-state index in [0.29, 0.717) is 5.69 Å². The maximum absolute atomic E-state index is 13.6. The lowest BCUT2D eigenvalue weighted by molar-refractivity contribution is 0.216. The van der Waals surface area contributed by atoms with Gasteiger partial charge in [-0.25, -0.2) is 4.39 Å². The Balaban J connectivity index is 2.21. The third kappa shape index (κ3) is 2.80. The van der Waals surface area contributed by atoms with Gasteiger partial charge in [0.2, 0.25) is 0 Å². The first-order chi connectivity index (χ1) is 8.56. The van der Waals surface area contributed by atoms with Gasteiger partial charge in [0, 0.05) is 5.69 Å². The topological polar surface area (TPSA) is 35.2 Å². The number of halogens is 1. The van der Waals surface area contributed by atoms with Crippen molar-refractivity contribution >= 4 is 5.69 Å². The molecule has 1 atom stereocenters. The van der Waals surface area contributed by atoms with E-state index in [1.807, 2.05) is 38.1 Å². The Kier molecular flexibility index (Phi) is 3.51. The number of anilines is 1. The molecule has 2 aromatic carbocycles. The highest BCUT2D eigenvalue weighted by Crippen LogP contribution is 2.26. The van der Waals surface area contributed by atoms with Crippen molar-refractivity contribution in [1.82, 2.24) is 0 Å². The van der Waals surface area contributed by atoms with Crippen molar-refractivity contribution in [2.75, 3.05) is 5.73 Å². The van der Waals surface area contributed by atoms with E-state index in [1.165, 1.54) is 6.07 Å². The zero-order valence-corrected chi connectivity index (χ0v) is 10.5. The molecule has 2 rings (SSSR count). The molecule has 0 radical (unpaired) electrons. The predicted octanol–water partition coefficient (Wildman–Crippen LogP) is 3.86. The summed E-state index contributed by atoms with van der Waals surface area (Å²) in [5, 5.41) is 0. The first kappa shape index (κ1) is 12.4. The molecule has 0 saturated heterocycles. The molecule has 2 N–H and O–H groups in total. The first-order valence-corrected chi connectivity index (χ1v) is 5.84. The van der Waals surface area contributed by atoms with Crippen molar-refractivity contribution < 1.29 is 9.13 Å². The molecule has 0 fully saturated rings. The van der Waals surface area contributed by atoms with Crippen molar-refractivity contribution in [3.63, 3.8) is 0 Å². The molecule has 0 bridgehead atoms. The Morgan fingerprint density at radius 1 is 1.17 bits per heavy atom. The van der Waals surface area contributed by atoms with Gasteiger partial charge in [0.1, 0.15) is 6.10 Å². The lowest BCUT2D eigenvalue weighted by Gasteiger charge is -2.16. The van der Waals surface area contributed by atoms with Crippen molar-refractivity contribution in [2.24, 2.45) is 0 Å². The van der Waals surface area contributed by atoms with Crippen molar-refractivity contribution in [3.8, 4) is 5.75 Å². The fourth-order valence-electron chi connectivity index (χ4n) is 1.77. The zero-order chi connectivity index (χ0) is 13.1. The van der Waals surface area contributed by atoms with E-state index in [1.54, 1.807) is 12.1 Å². The molecule has 2 aromatic rings. The highest BCUT2D eigenvalue weighted by Gasteiger charge is 2.11. The minimum atomic E-state index is -0.351. The standard InChI is InChI=1S/C15H16FNO/c1-10-6-7-14(16)15(8-10)18-11(2)12-4-3-5-13(17)9-12/h3-9,11H,17H2,1-2H3. The van der Waals surface area contributed by atoms with Gasteiger partial charge in [-0.3, -0.25) is 0 Å². The summed E-state index contributed by atoms with van der Waals surface area (Å²) >= 11 is 0. The summed E-state index contributed by atoms with van der Waals surface area (Å²) in [6, 6.07) is 12.2. The van der Waals surface area contributed by atoms with Crippen LogP contribution in [-0.4, -0.2) is 0 Å². The Labute approximate surface area is 106 Å². The molecule has 0 aliphatic heterocycles. The van der Waals surface area contributed by atoms with Crippen LogP contribution >= 0.6 is 0 Å². The SMILES string of the molecule is Cc1ccc(F)c(OC(C)c2cccc(N)c2)c1. The molecular weight excluding hydrogens is 229 g/mol. The van der Waals surface area contributed by atoms with Crippen LogP contribution < -0.4 is 10.5 Å². The Bertz CT molecular complexity index is 554. The van der Waals surface area contributed by atoms with E-state index >= 15 is 0 Å². The summed E-state index contributed by atoms with van der Waals surface area (Å²) in [5.41, 5.74) is 8.28. The first-order valence-electron chi connectivity index (χ1n) is 5.84. The molecule has 0 saturated carbocycles. The number of benzene rings is 2. The lowest BCUT2D eigenvalue weighted by Crippen LogP contribution is -2.05. The molecule has 3 heteroatoms. The Morgan fingerprint density at radius 2 is 1.94 bits per heavy atom. The molecule has 1 unspecified atom stereocenters. The summed E-state index contributed by atoms with van der Waals surface area (Å²) in [6.07, 6.45) is -0.246. The second-order valence-corrected chi connectivity index (χ2v) is 4.36. The molecule has 0 aliphatic carbocycles. The van der Waals surface area contributed by atoms with Gasteiger partial charge in [0.25, 0.3) is 0 Å². The van der Waals surface area contributed by atoms with E-state index in [9.17, 15) is 4.39 Å². The second-order valence-electron chi connectivity index (χ2n) is 4.36. The zero-order valence-electron chi connectivity index (χ0n) is 10.5. The second kappa shape index (κ2) is 5.08. The van der Waals surface area contributed by atoms with Crippen LogP contribution in [0.5, 0.6) is 5.75 Å². The van der Waals surface area contributed by atoms with Gasteiger partial charge in [-0.05, 0) is 49.2 Å². The van der Waals surface area contributed by atoms with Crippen LogP contribution in [0.25, 0.3) is 0 Å². The third-order valence-corrected chi connectivity index (χ3v) is 2.77. The van der Waals surface area contributed by atoms with Crippen molar-refractivity contribution in [1.29, 1.82) is 0 Å². The number of aryl methyl sites for hydroxylation is 1. The van der Waals surface area contributed by atoms with Gasteiger partial charge in [0.05, 0.1) is 0 Å². The van der Waals surface area contributed by atoms with Crippen LogP contribution in [0.4, 0.5) is 10.1 Å². The number of nitrogens with two attached hydrogens (primary N) is 1. The number of hydrogen-bond donors (Lipinski definition) is 1. The minimum absolute atomic E-state index is 0.246. The molecule has 0 amide bonds. The van der Waals surface area contributed by atoms with Gasteiger partial charge < -0.3 is 10.5 Å². The van der Waals surface area contributed by atoms with Crippen LogP contribution in [0.15, 0.2) is 42.5 Å². The molecule has 2 nitrogen and oxygen atoms in total. The average molecular weight is 245 g/mol. The Morgan fingerprint density at radius 3 is 2.67 bits per heavy atom. The molecule has 18 heavy (non-hydrogen) atoms. The summed E-state index contributed by atoms with van der Waals surface area (Å²) in [4.78, 5) is 0. The van der Waals surface area contributed by atoms with Gasteiger partial charge in [-0.1, -0.05) is 18.2 Å². The predicted molar refractivity (Wildman–Crippen MR) is 71.0 cm³/mol. The molecule has 0 aromatic heterocycles. The van der Waals surface area contributed by atoms with Crippen molar-refractivity contribution in [3.05, 3.63) is 59.4 Å². The van der Waals surface area contributed by atoms with Gasteiger partial charge >= 0.3 is 0 Å². The number of rotatable bonds is 3. The summed E-state index contributed by atoms with van der Waals surface area (Å²) in [5.74, 6) is -0.0822. The van der Waals surface area contributed by atoms with Gasteiger partial charge in [-0.15, -0.1) is 0 Å². The minimum Gasteiger partial charge on any atom is -0.483 e. The van der Waals surface area contributed by atoms with Gasteiger partial charge in [0.15, 0.2) is 11.6 Å². The van der Waals surface area contributed by atoms with Crippen LogP contribution in [0.2, 0.25) is 0 Å². The molecule has 0 aliphatic rings. The molecular formula is C15H16FNO. The highest BCUT2D eigenvalue weighted by atomic mass is 19.1. The highest BCUT2D eigenvalue weighted by molar-refractivity contribution is 5.41. The molecule has 94 valence electrons. The number of nitrogen functional groups attached to an aromatic ring is 1. The summed E-state index contributed by atoms with van der Waals surface area (Å²) in [6.45, 7) is 3.77. The fourth-order valence-corrected chi connectivity index (χ4v) is 1.77. The third-order valence-electron chi connectivity index (χ3n) is 2.77. The van der Waals surface area contributed by atoms with Crippen molar-refractivity contribution in [2.45, 2.75) is 20.0 Å².